The van der Waals surface area contributed by atoms with Gasteiger partial charge in [0.15, 0.2) is 0 Å². The van der Waals surface area contributed by atoms with E-state index in [0.29, 0.717) is 17.6 Å². The maximum Gasteiger partial charge on any atom is 0.241 e. The van der Waals surface area contributed by atoms with E-state index in [2.05, 4.69) is 20.7 Å². The minimum atomic E-state index is -3.41. The number of sulfonamides is 1. The van der Waals surface area contributed by atoms with Gasteiger partial charge in [0.05, 0.1) is 4.90 Å². The van der Waals surface area contributed by atoms with Crippen LogP contribution in [0.2, 0.25) is 0 Å². The Bertz CT molecular complexity index is 440. The van der Waals surface area contributed by atoms with Gasteiger partial charge in [-0.25, -0.2) is 13.1 Å². The van der Waals surface area contributed by atoms with Crippen LogP contribution in [0.15, 0.2) is 33.6 Å². The number of unbranched alkanes of at least 4 members (excludes halogenated alkanes) is 1. The molecule has 0 aromatic heterocycles. The molecule has 3 N–H and O–H groups in total. The van der Waals surface area contributed by atoms with Crippen molar-refractivity contribution in [3.05, 3.63) is 28.7 Å². The molecule has 1 rings (SSSR count). The van der Waals surface area contributed by atoms with Crippen molar-refractivity contribution in [3.63, 3.8) is 0 Å². The smallest absolute Gasteiger partial charge is 0.241 e. The molecule has 0 fully saturated rings. The molecule has 0 bridgehead atoms. The molecule has 0 saturated carbocycles. The number of halogens is 2. The predicted octanol–water partition coefficient (Wildman–Crippen LogP) is 1.89. The van der Waals surface area contributed by atoms with E-state index in [1.54, 1.807) is 24.3 Å². The van der Waals surface area contributed by atoms with Gasteiger partial charge >= 0.3 is 0 Å². The lowest BCUT2D eigenvalue weighted by Crippen LogP contribution is -2.25. The Balaban J connectivity index is 0.00000256. The maximum absolute atomic E-state index is 11.8. The van der Waals surface area contributed by atoms with Gasteiger partial charge in [-0.1, -0.05) is 12.1 Å². The first kappa shape index (κ1) is 16.9. The van der Waals surface area contributed by atoms with Crippen molar-refractivity contribution in [2.45, 2.75) is 17.7 Å². The summed E-state index contributed by atoms with van der Waals surface area (Å²) >= 11 is 3.22. The van der Waals surface area contributed by atoms with Gasteiger partial charge in [0.2, 0.25) is 10.0 Å². The van der Waals surface area contributed by atoms with Crippen LogP contribution in [0.25, 0.3) is 0 Å². The van der Waals surface area contributed by atoms with E-state index in [1.807, 2.05) is 0 Å². The predicted molar refractivity (Wildman–Crippen MR) is 74.9 cm³/mol. The van der Waals surface area contributed by atoms with E-state index in [0.717, 1.165) is 12.8 Å². The summed E-state index contributed by atoms with van der Waals surface area (Å²) in [6.07, 6.45) is 1.57. The monoisotopic (exact) mass is 342 g/mol. The fraction of sp³-hybridized carbons (Fsp3) is 0.400. The van der Waals surface area contributed by atoms with Gasteiger partial charge in [0.25, 0.3) is 0 Å². The molecule has 0 aliphatic heterocycles. The summed E-state index contributed by atoms with van der Waals surface area (Å²) in [4.78, 5) is 0.266. The molecule has 1 aromatic rings. The summed E-state index contributed by atoms with van der Waals surface area (Å²) in [6, 6.07) is 6.74. The average Bonchev–Trinajstić information content (AvgIpc) is 2.25. The van der Waals surface area contributed by atoms with Crippen LogP contribution in [0.5, 0.6) is 0 Å². The second-order valence-corrected chi connectivity index (χ2v) is 5.91. The Hall–Kier alpha value is -0.140. The third-order valence-electron chi connectivity index (χ3n) is 2.05. The molecular formula is C10H16BrClN2O2S. The summed E-state index contributed by atoms with van der Waals surface area (Å²) in [5, 5.41) is 0. The molecule has 0 heterocycles. The number of hydrogen-bond donors (Lipinski definition) is 2. The quantitative estimate of drug-likeness (QED) is 0.775. The second-order valence-electron chi connectivity index (χ2n) is 3.32. The zero-order valence-electron chi connectivity index (χ0n) is 9.23. The highest BCUT2D eigenvalue weighted by Crippen LogP contribution is 2.20. The number of nitrogens with one attached hydrogen (secondary N) is 1. The highest BCUT2D eigenvalue weighted by molar-refractivity contribution is 9.10. The summed E-state index contributed by atoms with van der Waals surface area (Å²) in [6.45, 7) is 0.998. The Labute approximate surface area is 117 Å². The molecule has 0 aliphatic carbocycles. The fourth-order valence-electron chi connectivity index (χ4n) is 1.22. The zero-order valence-corrected chi connectivity index (χ0v) is 12.4. The number of rotatable bonds is 6. The van der Waals surface area contributed by atoms with Crippen molar-refractivity contribution < 1.29 is 8.42 Å². The van der Waals surface area contributed by atoms with Gasteiger partial charge in [0, 0.05) is 11.0 Å². The van der Waals surface area contributed by atoms with Crippen molar-refractivity contribution in [2.75, 3.05) is 13.1 Å². The van der Waals surface area contributed by atoms with E-state index >= 15 is 0 Å². The van der Waals surface area contributed by atoms with Crippen molar-refractivity contribution >= 4 is 38.4 Å². The van der Waals surface area contributed by atoms with Gasteiger partial charge in [-0.3, -0.25) is 0 Å². The van der Waals surface area contributed by atoms with E-state index < -0.39 is 10.0 Å². The standard InChI is InChI=1S/C10H15BrN2O2S.ClH/c11-9-5-1-2-6-10(9)16(14,15)13-8-4-3-7-12;/h1-2,5-6,13H,3-4,7-8,12H2;1H. The minimum absolute atomic E-state index is 0. The van der Waals surface area contributed by atoms with Crippen LogP contribution < -0.4 is 10.5 Å². The highest BCUT2D eigenvalue weighted by atomic mass is 79.9. The van der Waals surface area contributed by atoms with Crippen LogP contribution in [-0.2, 0) is 10.0 Å². The van der Waals surface area contributed by atoms with E-state index in [9.17, 15) is 8.42 Å². The first-order valence-electron chi connectivity index (χ1n) is 5.02. The summed E-state index contributed by atoms with van der Waals surface area (Å²) in [7, 11) is -3.41. The normalized spacial score (nSPS) is 10.9. The van der Waals surface area contributed by atoms with Crippen molar-refractivity contribution in [3.8, 4) is 0 Å². The molecule has 1 aromatic carbocycles. The van der Waals surface area contributed by atoms with Crippen LogP contribution >= 0.6 is 28.3 Å². The van der Waals surface area contributed by atoms with Crippen molar-refractivity contribution in [2.24, 2.45) is 5.73 Å². The molecule has 0 spiro atoms. The highest BCUT2D eigenvalue weighted by Gasteiger charge is 2.15. The molecule has 0 atom stereocenters. The van der Waals surface area contributed by atoms with E-state index in [1.165, 1.54) is 0 Å². The van der Waals surface area contributed by atoms with Gasteiger partial charge in [-0.15, -0.1) is 12.4 Å². The molecule has 0 unspecified atom stereocenters. The fourth-order valence-corrected chi connectivity index (χ4v) is 3.29. The van der Waals surface area contributed by atoms with Gasteiger partial charge in [-0.2, -0.15) is 0 Å². The third kappa shape index (κ3) is 5.35. The lowest BCUT2D eigenvalue weighted by Gasteiger charge is -2.07. The molecule has 7 heteroatoms. The number of benzene rings is 1. The van der Waals surface area contributed by atoms with E-state index in [4.69, 9.17) is 5.73 Å². The third-order valence-corrected chi connectivity index (χ3v) is 4.52. The SMILES string of the molecule is Cl.NCCCCNS(=O)(=O)c1ccccc1Br. The first-order chi connectivity index (χ1) is 7.58. The van der Waals surface area contributed by atoms with Crippen molar-refractivity contribution in [1.82, 2.24) is 4.72 Å². The van der Waals surface area contributed by atoms with E-state index in [-0.39, 0.29) is 17.3 Å². The molecule has 4 nitrogen and oxygen atoms in total. The topological polar surface area (TPSA) is 72.2 Å². The average molecular weight is 344 g/mol. The lowest BCUT2D eigenvalue weighted by molar-refractivity contribution is 0.576. The Kier molecular flexibility index (Phi) is 7.98. The van der Waals surface area contributed by atoms with Gasteiger partial charge in [0.1, 0.15) is 0 Å². The van der Waals surface area contributed by atoms with Crippen LogP contribution in [0.1, 0.15) is 12.8 Å². The lowest BCUT2D eigenvalue weighted by atomic mass is 10.3. The molecule has 98 valence electrons. The Morgan fingerprint density at radius 3 is 2.47 bits per heavy atom. The summed E-state index contributed by atoms with van der Waals surface area (Å²) in [5.74, 6) is 0. The maximum atomic E-state index is 11.8. The molecule has 0 saturated heterocycles. The van der Waals surface area contributed by atoms with Crippen LogP contribution in [0.4, 0.5) is 0 Å². The number of nitrogens with two attached hydrogens (primary N) is 1. The molecular weight excluding hydrogens is 328 g/mol. The minimum Gasteiger partial charge on any atom is -0.330 e. The van der Waals surface area contributed by atoms with Crippen LogP contribution in [0.3, 0.4) is 0 Å². The molecule has 0 amide bonds. The zero-order chi connectivity index (χ0) is 12.0. The van der Waals surface area contributed by atoms with Crippen molar-refractivity contribution in [1.29, 1.82) is 0 Å². The van der Waals surface area contributed by atoms with Crippen LogP contribution in [0, 0.1) is 0 Å². The second kappa shape index (κ2) is 8.05. The molecule has 0 aliphatic rings. The Morgan fingerprint density at radius 1 is 1.24 bits per heavy atom. The Morgan fingerprint density at radius 2 is 1.88 bits per heavy atom. The van der Waals surface area contributed by atoms with Gasteiger partial charge < -0.3 is 5.73 Å². The molecule has 0 radical (unpaired) electrons. The number of hydrogen-bond acceptors (Lipinski definition) is 3. The van der Waals surface area contributed by atoms with Gasteiger partial charge in [-0.05, 0) is 47.4 Å². The largest absolute Gasteiger partial charge is 0.330 e. The van der Waals surface area contributed by atoms with Crippen LogP contribution in [-0.4, -0.2) is 21.5 Å². The summed E-state index contributed by atoms with van der Waals surface area (Å²) in [5.41, 5.74) is 5.33. The first-order valence-corrected chi connectivity index (χ1v) is 7.30. The summed E-state index contributed by atoms with van der Waals surface area (Å²) < 4.78 is 26.8. The molecule has 17 heavy (non-hydrogen) atoms.